The van der Waals surface area contributed by atoms with Gasteiger partial charge in [-0.1, -0.05) is 52.0 Å². The Bertz CT molecular complexity index is 2170. The van der Waals surface area contributed by atoms with Gasteiger partial charge < -0.3 is 44.3 Å². The Balaban J connectivity index is 1.02. The van der Waals surface area contributed by atoms with E-state index in [1.807, 2.05) is 70.3 Å². The van der Waals surface area contributed by atoms with Crippen LogP contribution >= 0.6 is 11.3 Å². The van der Waals surface area contributed by atoms with Crippen molar-refractivity contribution < 1.29 is 33.1 Å². The maximum Gasteiger partial charge on any atom is 0.407 e. The molecule has 2 saturated heterocycles. The Kier molecular flexibility index (Phi) is 11.2. The quantitative estimate of drug-likeness (QED) is 0.109. The van der Waals surface area contributed by atoms with Crippen molar-refractivity contribution in [2.24, 2.45) is 11.8 Å². The van der Waals surface area contributed by atoms with E-state index in [9.17, 15) is 19.2 Å². The van der Waals surface area contributed by atoms with Gasteiger partial charge in [0.1, 0.15) is 35.1 Å². The first-order chi connectivity index (χ1) is 26.9. The van der Waals surface area contributed by atoms with Gasteiger partial charge in [0.15, 0.2) is 0 Å². The Morgan fingerprint density at radius 2 is 1.41 bits per heavy atom. The lowest BCUT2D eigenvalue weighted by atomic mass is 10.0. The van der Waals surface area contributed by atoms with Gasteiger partial charge in [-0.15, -0.1) is 11.3 Å². The van der Waals surface area contributed by atoms with E-state index in [1.165, 1.54) is 14.2 Å². The summed E-state index contributed by atoms with van der Waals surface area (Å²) in [4.78, 5) is 71.8. The lowest BCUT2D eigenvalue weighted by Crippen LogP contribution is -2.51. The standard InChI is InChI=1S/C40H48N8O7S/c1-21(2)33(45-39(51)53-5)37(49)47-15-7-9-27(47)35-41-19-25(43-35)23-11-13-24(14-12-23)29-17-32-30(55-29)18-31(56-32)26-20-42-36(44-26)28-10-8-16-48(28)38(50)34(22(3)4)46-40(52)54-6/h11-14,17-22,27-28,33-34H,7-10,15-16H2,1-6H3,(H,41,43)(H,42,44)(H,45,51)(H,46,52)/t27-,28-,33-,34-/m0/s1. The van der Waals surface area contributed by atoms with E-state index in [4.69, 9.17) is 18.9 Å². The number of benzene rings is 1. The number of alkyl carbamates (subject to hydrolysis) is 2. The minimum Gasteiger partial charge on any atom is -0.455 e. The van der Waals surface area contributed by atoms with Gasteiger partial charge in [0, 0.05) is 37.0 Å². The number of fused-ring (bicyclic) bond motifs is 1. The molecule has 2 aliphatic heterocycles. The van der Waals surface area contributed by atoms with Gasteiger partial charge in [-0.2, -0.15) is 0 Å². The molecule has 1 aromatic carbocycles. The van der Waals surface area contributed by atoms with Crippen LogP contribution in [0.4, 0.5) is 9.59 Å². The van der Waals surface area contributed by atoms with Crippen LogP contribution in [0.15, 0.2) is 53.2 Å². The third-order valence-corrected chi connectivity index (χ3v) is 11.7. The van der Waals surface area contributed by atoms with Gasteiger partial charge in [-0.3, -0.25) is 9.59 Å². The van der Waals surface area contributed by atoms with E-state index >= 15 is 0 Å². The number of carbonyl (C=O) groups excluding carboxylic acids is 4. The van der Waals surface area contributed by atoms with Crippen LogP contribution in [0, 0.1) is 11.8 Å². The number of rotatable bonds is 11. The van der Waals surface area contributed by atoms with Crippen LogP contribution in [0.2, 0.25) is 0 Å². The van der Waals surface area contributed by atoms with Crippen LogP contribution < -0.4 is 10.6 Å². The number of methoxy groups -OCH3 is 2. The first kappa shape index (κ1) is 38.6. The molecule has 6 heterocycles. The second kappa shape index (κ2) is 16.2. The minimum atomic E-state index is -0.695. The summed E-state index contributed by atoms with van der Waals surface area (Å²) in [5, 5.41) is 5.38. The number of amides is 4. The summed E-state index contributed by atoms with van der Waals surface area (Å²) in [5.41, 5.74) is 4.25. The van der Waals surface area contributed by atoms with Crippen LogP contribution in [-0.2, 0) is 19.1 Å². The fraction of sp³-hybridized carbons (Fsp3) is 0.450. The molecule has 56 heavy (non-hydrogen) atoms. The van der Waals surface area contributed by atoms with Crippen LogP contribution in [0.1, 0.15) is 77.1 Å². The number of hydrogen-bond acceptors (Lipinski definition) is 10. The van der Waals surface area contributed by atoms with Gasteiger partial charge in [-0.05, 0) is 43.1 Å². The number of H-pyrrole nitrogens is 2. The molecule has 4 N–H and O–H groups in total. The Labute approximate surface area is 328 Å². The normalized spacial score (nSPS) is 18.1. The zero-order valence-electron chi connectivity index (χ0n) is 32.4. The molecule has 2 fully saturated rings. The van der Waals surface area contributed by atoms with Crippen LogP contribution in [0.3, 0.4) is 0 Å². The van der Waals surface area contributed by atoms with Crippen molar-refractivity contribution in [2.75, 3.05) is 27.3 Å². The SMILES string of the molecule is COC(=O)N[C@H](C(=O)N1CCC[C@H]1c1nc(-c2cc3oc(-c4ccc(-c5cnc([C@@H]6CCCN6C(=O)[C@@H](NC(=O)OC)C(C)C)[nH]5)cc4)cc3s2)c[nH]1)C(C)C. The molecule has 7 rings (SSSR count). The first-order valence-corrected chi connectivity index (χ1v) is 19.8. The molecule has 296 valence electrons. The second-order valence-corrected chi connectivity index (χ2v) is 16.1. The molecule has 0 aliphatic carbocycles. The number of hydrogen-bond donors (Lipinski definition) is 4. The lowest BCUT2D eigenvalue weighted by molar-refractivity contribution is -0.136. The maximum atomic E-state index is 13.5. The molecular weight excluding hydrogens is 737 g/mol. The van der Waals surface area contributed by atoms with Gasteiger partial charge >= 0.3 is 12.2 Å². The van der Waals surface area contributed by atoms with Crippen molar-refractivity contribution in [3.05, 3.63) is 60.4 Å². The molecule has 16 heteroatoms. The Hall–Kier alpha value is -5.64. The average Bonchev–Trinajstić information content (AvgIpc) is 4.04. The van der Waals surface area contributed by atoms with E-state index < -0.39 is 24.3 Å². The number of likely N-dealkylation sites (tertiary alicyclic amines) is 2. The number of carbonyl (C=O) groups is 4. The average molecular weight is 785 g/mol. The minimum absolute atomic E-state index is 0.110. The highest BCUT2D eigenvalue weighted by Gasteiger charge is 2.39. The molecule has 2 aliphatic rings. The summed E-state index contributed by atoms with van der Waals surface area (Å²) >= 11 is 1.58. The molecule has 0 spiro atoms. The molecular formula is C40H48N8O7S. The second-order valence-electron chi connectivity index (χ2n) is 15.0. The van der Waals surface area contributed by atoms with Crippen molar-refractivity contribution in [1.82, 2.24) is 40.4 Å². The highest BCUT2D eigenvalue weighted by Crippen LogP contribution is 2.40. The van der Waals surface area contributed by atoms with Crippen molar-refractivity contribution in [3.63, 3.8) is 0 Å². The summed E-state index contributed by atoms with van der Waals surface area (Å²) in [6, 6.07) is 10.2. The predicted molar refractivity (Wildman–Crippen MR) is 210 cm³/mol. The Morgan fingerprint density at radius 3 is 1.96 bits per heavy atom. The molecule has 0 unspecified atom stereocenters. The number of aromatic amines is 2. The fourth-order valence-electron chi connectivity index (χ4n) is 7.59. The number of thiophene rings is 1. The zero-order valence-corrected chi connectivity index (χ0v) is 33.2. The third-order valence-electron chi connectivity index (χ3n) is 10.6. The zero-order chi connectivity index (χ0) is 39.7. The van der Waals surface area contributed by atoms with Gasteiger partial charge in [0.05, 0.1) is 53.5 Å². The molecule has 0 radical (unpaired) electrons. The van der Waals surface area contributed by atoms with E-state index in [2.05, 4.69) is 25.6 Å². The number of aromatic nitrogens is 4. The van der Waals surface area contributed by atoms with Crippen molar-refractivity contribution in [2.45, 2.75) is 77.5 Å². The monoisotopic (exact) mass is 784 g/mol. The van der Waals surface area contributed by atoms with Gasteiger partial charge in [0.2, 0.25) is 11.8 Å². The number of ether oxygens (including phenoxy) is 2. The first-order valence-electron chi connectivity index (χ1n) is 19.0. The topological polar surface area (TPSA) is 188 Å². The fourth-order valence-corrected chi connectivity index (χ4v) is 8.57. The van der Waals surface area contributed by atoms with Crippen LogP contribution in [-0.4, -0.2) is 93.1 Å². The third kappa shape index (κ3) is 7.74. The van der Waals surface area contributed by atoms with E-state index in [0.29, 0.717) is 24.7 Å². The summed E-state index contributed by atoms with van der Waals surface area (Å²) in [7, 11) is 2.57. The summed E-state index contributed by atoms with van der Waals surface area (Å²) in [6.45, 7) is 8.76. The van der Waals surface area contributed by atoms with Crippen LogP contribution in [0.25, 0.3) is 43.4 Å². The smallest absolute Gasteiger partial charge is 0.407 e. The summed E-state index contributed by atoms with van der Waals surface area (Å²) in [6.07, 6.45) is 5.62. The maximum absolute atomic E-state index is 13.5. The van der Waals surface area contributed by atoms with Gasteiger partial charge in [0.25, 0.3) is 0 Å². The molecule has 4 aromatic heterocycles. The molecule has 0 saturated carbocycles. The number of nitrogens with zero attached hydrogens (tertiary/aromatic N) is 4. The molecule has 15 nitrogen and oxygen atoms in total. The van der Waals surface area contributed by atoms with Crippen molar-refractivity contribution in [3.8, 4) is 33.2 Å². The highest BCUT2D eigenvalue weighted by atomic mass is 32.1. The van der Waals surface area contributed by atoms with E-state index in [-0.39, 0.29) is 35.7 Å². The molecule has 4 atom stereocenters. The largest absolute Gasteiger partial charge is 0.455 e. The van der Waals surface area contributed by atoms with E-state index in [1.54, 1.807) is 27.3 Å². The van der Waals surface area contributed by atoms with Crippen LogP contribution in [0.5, 0.6) is 0 Å². The lowest BCUT2D eigenvalue weighted by Gasteiger charge is -2.30. The molecule has 5 aromatic rings. The van der Waals surface area contributed by atoms with E-state index in [0.717, 1.165) is 69.1 Å². The van der Waals surface area contributed by atoms with Gasteiger partial charge in [-0.25, -0.2) is 19.6 Å². The predicted octanol–water partition coefficient (Wildman–Crippen LogP) is 7.03. The highest BCUT2D eigenvalue weighted by molar-refractivity contribution is 7.22. The Morgan fingerprint density at radius 1 is 0.839 bits per heavy atom. The number of imidazole rings is 2. The van der Waals surface area contributed by atoms with Crippen molar-refractivity contribution in [1.29, 1.82) is 0 Å². The number of nitrogens with one attached hydrogen (secondary N) is 4. The number of furan rings is 1. The molecule has 0 bridgehead atoms. The molecule has 4 amide bonds. The van der Waals surface area contributed by atoms with Crippen molar-refractivity contribution >= 4 is 45.6 Å². The summed E-state index contributed by atoms with van der Waals surface area (Å²) in [5.74, 6) is 1.66. The summed E-state index contributed by atoms with van der Waals surface area (Å²) < 4.78 is 16.8.